The Labute approximate surface area is 67.5 Å². The van der Waals surface area contributed by atoms with Crippen LogP contribution in [0.5, 0.6) is 0 Å². The molecule has 2 aromatic heterocycles. The van der Waals surface area contributed by atoms with Crippen molar-refractivity contribution < 1.29 is 0 Å². The zero-order chi connectivity index (χ0) is 8.55. The predicted octanol–water partition coefficient (Wildman–Crippen LogP) is 0.0215. The van der Waals surface area contributed by atoms with Gasteiger partial charge in [0.1, 0.15) is 17.5 Å². The molecule has 2 heterocycles. The van der Waals surface area contributed by atoms with Gasteiger partial charge < -0.3 is 4.98 Å². The highest BCUT2D eigenvalue weighted by atomic mass is 16.1. The van der Waals surface area contributed by atoms with Crippen LogP contribution in [-0.2, 0) is 0 Å². The number of fused-ring (bicyclic) bond motifs is 1. The van der Waals surface area contributed by atoms with Crippen molar-refractivity contribution in [3.63, 3.8) is 0 Å². The average Bonchev–Trinajstić information content (AvgIpc) is 2.04. The van der Waals surface area contributed by atoms with Crippen molar-refractivity contribution in [3.8, 4) is 0 Å². The van der Waals surface area contributed by atoms with Crippen LogP contribution in [0.1, 0.15) is 5.82 Å². The van der Waals surface area contributed by atoms with Crippen molar-refractivity contribution >= 4 is 11.0 Å². The summed E-state index contributed by atoms with van der Waals surface area (Å²) in [5, 5.41) is 0.420. The van der Waals surface area contributed by atoms with Crippen LogP contribution in [0.3, 0.4) is 0 Å². The van der Waals surface area contributed by atoms with Crippen molar-refractivity contribution in [1.82, 2.24) is 19.9 Å². The van der Waals surface area contributed by atoms with Crippen LogP contribution in [0.15, 0.2) is 17.3 Å². The van der Waals surface area contributed by atoms with Gasteiger partial charge in [-0.1, -0.05) is 0 Å². The van der Waals surface area contributed by atoms with E-state index in [-0.39, 0.29) is 5.56 Å². The third kappa shape index (κ3) is 0.952. The molecular weight excluding hydrogens is 156 g/mol. The number of aromatic nitrogens is 4. The zero-order valence-electron chi connectivity index (χ0n) is 6.40. The van der Waals surface area contributed by atoms with E-state index in [1.165, 1.54) is 12.5 Å². The second kappa shape index (κ2) is 2.37. The summed E-state index contributed by atoms with van der Waals surface area (Å²) in [7, 11) is 0. The molecule has 0 saturated heterocycles. The maximum absolute atomic E-state index is 11.2. The summed E-state index contributed by atoms with van der Waals surface area (Å²) in [6, 6.07) is 0. The van der Waals surface area contributed by atoms with E-state index in [0.29, 0.717) is 16.9 Å². The summed E-state index contributed by atoms with van der Waals surface area (Å²) >= 11 is 0. The molecule has 5 heteroatoms. The number of hydrogen-bond donors (Lipinski definition) is 1. The van der Waals surface area contributed by atoms with E-state index in [1.54, 1.807) is 6.92 Å². The van der Waals surface area contributed by atoms with Gasteiger partial charge in [-0.3, -0.25) is 4.79 Å². The van der Waals surface area contributed by atoms with Crippen molar-refractivity contribution in [2.45, 2.75) is 6.92 Å². The van der Waals surface area contributed by atoms with E-state index in [9.17, 15) is 4.79 Å². The average molecular weight is 162 g/mol. The lowest BCUT2D eigenvalue weighted by molar-refractivity contribution is 1.03. The molecule has 2 aromatic rings. The van der Waals surface area contributed by atoms with Gasteiger partial charge in [-0.05, 0) is 6.92 Å². The van der Waals surface area contributed by atoms with Crippen LogP contribution in [0.2, 0.25) is 0 Å². The molecule has 0 aliphatic rings. The van der Waals surface area contributed by atoms with Gasteiger partial charge in [-0.25, -0.2) is 15.0 Å². The Balaban J connectivity index is 2.99. The van der Waals surface area contributed by atoms with Gasteiger partial charge in [-0.2, -0.15) is 0 Å². The SMILES string of the molecule is Cc1nc2ncncc2c(=O)[nH]1. The third-order valence-corrected chi connectivity index (χ3v) is 1.50. The molecule has 0 radical (unpaired) electrons. The Hall–Kier alpha value is -1.78. The molecule has 0 aliphatic carbocycles. The van der Waals surface area contributed by atoms with Crippen molar-refractivity contribution in [2.75, 3.05) is 0 Å². The van der Waals surface area contributed by atoms with Gasteiger partial charge >= 0.3 is 0 Å². The number of aromatic amines is 1. The summed E-state index contributed by atoms with van der Waals surface area (Å²) in [5.41, 5.74) is 0.240. The largest absolute Gasteiger partial charge is 0.310 e. The molecule has 60 valence electrons. The lowest BCUT2D eigenvalue weighted by Crippen LogP contribution is -2.10. The molecule has 0 amide bonds. The zero-order valence-corrected chi connectivity index (χ0v) is 6.40. The number of nitrogens with zero attached hydrogens (tertiary/aromatic N) is 3. The number of H-pyrrole nitrogens is 1. The van der Waals surface area contributed by atoms with E-state index >= 15 is 0 Å². The normalized spacial score (nSPS) is 10.4. The first-order chi connectivity index (χ1) is 5.77. The first kappa shape index (κ1) is 6.90. The highest BCUT2D eigenvalue weighted by Crippen LogP contribution is 1.98. The Morgan fingerprint density at radius 2 is 2.33 bits per heavy atom. The minimum atomic E-state index is -0.196. The Kier molecular flexibility index (Phi) is 1.36. The number of aryl methyl sites for hydroxylation is 1. The highest BCUT2D eigenvalue weighted by molar-refractivity contribution is 5.71. The van der Waals surface area contributed by atoms with E-state index in [0.717, 1.165) is 0 Å². The van der Waals surface area contributed by atoms with Crippen molar-refractivity contribution in [1.29, 1.82) is 0 Å². The Bertz CT molecular complexity index is 476. The van der Waals surface area contributed by atoms with Gasteiger partial charge in [0, 0.05) is 6.20 Å². The summed E-state index contributed by atoms with van der Waals surface area (Å²) in [6.45, 7) is 1.71. The van der Waals surface area contributed by atoms with E-state index < -0.39 is 0 Å². The van der Waals surface area contributed by atoms with Crippen molar-refractivity contribution in [3.05, 3.63) is 28.7 Å². The summed E-state index contributed by atoms with van der Waals surface area (Å²) < 4.78 is 0. The van der Waals surface area contributed by atoms with Crippen LogP contribution in [-0.4, -0.2) is 19.9 Å². The first-order valence-corrected chi connectivity index (χ1v) is 3.44. The van der Waals surface area contributed by atoms with Crippen LogP contribution in [0, 0.1) is 6.92 Å². The first-order valence-electron chi connectivity index (χ1n) is 3.44. The second-order valence-electron chi connectivity index (χ2n) is 2.41. The van der Waals surface area contributed by atoms with Crippen molar-refractivity contribution in [2.24, 2.45) is 0 Å². The molecule has 0 aliphatic heterocycles. The molecule has 12 heavy (non-hydrogen) atoms. The molecular formula is C7H6N4O. The second-order valence-corrected chi connectivity index (χ2v) is 2.41. The van der Waals surface area contributed by atoms with Gasteiger partial charge in [0.05, 0.1) is 0 Å². The van der Waals surface area contributed by atoms with Crippen LogP contribution in [0.25, 0.3) is 11.0 Å². The molecule has 0 fully saturated rings. The summed E-state index contributed by atoms with van der Waals surface area (Å²) in [4.78, 5) is 25.4. The molecule has 0 saturated carbocycles. The maximum atomic E-state index is 11.2. The fraction of sp³-hybridized carbons (Fsp3) is 0.143. The number of hydrogen-bond acceptors (Lipinski definition) is 4. The number of rotatable bonds is 0. The van der Waals surface area contributed by atoms with E-state index in [1.807, 2.05) is 0 Å². The van der Waals surface area contributed by atoms with Gasteiger partial charge in [0.25, 0.3) is 5.56 Å². The van der Waals surface area contributed by atoms with E-state index in [4.69, 9.17) is 0 Å². The molecule has 0 aromatic carbocycles. The minimum absolute atomic E-state index is 0.196. The van der Waals surface area contributed by atoms with Crippen LogP contribution >= 0.6 is 0 Å². The topological polar surface area (TPSA) is 71.5 Å². The monoisotopic (exact) mass is 162 g/mol. The minimum Gasteiger partial charge on any atom is -0.310 e. The summed E-state index contributed by atoms with van der Waals surface area (Å²) in [5.74, 6) is 0.561. The smallest absolute Gasteiger partial charge is 0.261 e. The van der Waals surface area contributed by atoms with Crippen LogP contribution in [0.4, 0.5) is 0 Å². The van der Waals surface area contributed by atoms with Gasteiger partial charge in [-0.15, -0.1) is 0 Å². The molecule has 2 rings (SSSR count). The lowest BCUT2D eigenvalue weighted by atomic mass is 10.4. The van der Waals surface area contributed by atoms with Gasteiger partial charge in [0.2, 0.25) is 0 Å². The lowest BCUT2D eigenvalue weighted by Gasteiger charge is -1.94. The predicted molar refractivity (Wildman–Crippen MR) is 42.7 cm³/mol. The van der Waals surface area contributed by atoms with Crippen LogP contribution < -0.4 is 5.56 Å². The molecule has 0 atom stereocenters. The third-order valence-electron chi connectivity index (χ3n) is 1.50. The van der Waals surface area contributed by atoms with Gasteiger partial charge in [0.15, 0.2) is 5.65 Å². The molecule has 5 nitrogen and oxygen atoms in total. The fourth-order valence-corrected chi connectivity index (χ4v) is 0.991. The Morgan fingerprint density at radius 1 is 1.50 bits per heavy atom. The quantitative estimate of drug-likeness (QED) is 0.592. The highest BCUT2D eigenvalue weighted by Gasteiger charge is 2.00. The molecule has 0 bridgehead atoms. The molecule has 1 N–H and O–H groups in total. The maximum Gasteiger partial charge on any atom is 0.261 e. The molecule has 0 unspecified atom stereocenters. The van der Waals surface area contributed by atoms with E-state index in [2.05, 4.69) is 19.9 Å². The molecule has 0 spiro atoms. The Morgan fingerprint density at radius 3 is 3.17 bits per heavy atom. The standard InChI is InChI=1S/C7H6N4O/c1-4-10-6-5(7(12)11-4)2-8-3-9-6/h2-3H,1H3,(H,8,9,10,11,12). The fourth-order valence-electron chi connectivity index (χ4n) is 0.991. The number of nitrogens with one attached hydrogen (secondary N) is 1. The summed E-state index contributed by atoms with van der Waals surface area (Å²) in [6.07, 6.45) is 2.82.